The number of anilines is 1. The summed E-state index contributed by atoms with van der Waals surface area (Å²) in [4.78, 5) is 68.2. The maximum absolute atomic E-state index is 15.4. The van der Waals surface area contributed by atoms with E-state index in [4.69, 9.17) is 21.1 Å². The van der Waals surface area contributed by atoms with Gasteiger partial charge in [-0.3, -0.25) is 24.5 Å². The Morgan fingerprint density at radius 3 is 2.65 bits per heavy atom. The number of rotatable bonds is 6. The maximum Gasteiger partial charge on any atom is 0.412 e. The van der Waals surface area contributed by atoms with E-state index < -0.39 is 46.9 Å². The van der Waals surface area contributed by atoms with Crippen molar-refractivity contribution in [2.24, 2.45) is 0 Å². The molecule has 1 saturated heterocycles. The van der Waals surface area contributed by atoms with Crippen LogP contribution in [0.25, 0.3) is 10.9 Å². The molecule has 3 N–H and O–H groups in total. The lowest BCUT2D eigenvalue weighted by Gasteiger charge is -2.45. The van der Waals surface area contributed by atoms with Gasteiger partial charge < -0.3 is 24.7 Å². The zero-order valence-corrected chi connectivity index (χ0v) is 25.3. The molecule has 1 aromatic heterocycles. The van der Waals surface area contributed by atoms with E-state index in [-0.39, 0.29) is 53.5 Å². The molecule has 0 bridgehead atoms. The summed E-state index contributed by atoms with van der Waals surface area (Å²) in [5, 5.41) is 5.51. The summed E-state index contributed by atoms with van der Waals surface area (Å²) in [6.07, 6.45) is 0.00206. The average Bonchev–Trinajstić information content (AvgIpc) is 3.02. The van der Waals surface area contributed by atoms with Gasteiger partial charge in [-0.15, -0.1) is 0 Å². The molecule has 1 unspecified atom stereocenters. The molecule has 0 saturated carbocycles. The van der Waals surface area contributed by atoms with Crippen LogP contribution >= 0.6 is 11.6 Å². The molecule has 2 aliphatic rings. The summed E-state index contributed by atoms with van der Waals surface area (Å²) < 4.78 is 26.3. The molecule has 3 heterocycles. The molecule has 3 amide bonds. The van der Waals surface area contributed by atoms with Gasteiger partial charge in [-0.1, -0.05) is 41.9 Å². The number of carbonyl (C=O) groups is 4. The predicted molar refractivity (Wildman–Crippen MR) is 166 cm³/mol. The van der Waals surface area contributed by atoms with Gasteiger partial charge in [0, 0.05) is 36.9 Å². The number of piperidine rings is 1. The summed E-state index contributed by atoms with van der Waals surface area (Å²) in [5.41, 5.74) is -0.419. The van der Waals surface area contributed by atoms with Crippen molar-refractivity contribution in [2.75, 3.05) is 18.4 Å². The van der Waals surface area contributed by atoms with Gasteiger partial charge in [0.15, 0.2) is 11.4 Å². The van der Waals surface area contributed by atoms with Gasteiger partial charge in [-0.05, 0) is 48.7 Å². The van der Waals surface area contributed by atoms with Crippen molar-refractivity contribution >= 4 is 52.1 Å². The Balaban J connectivity index is 1.32. The molecule has 2 aliphatic heterocycles. The van der Waals surface area contributed by atoms with Crippen molar-refractivity contribution < 1.29 is 33.0 Å². The zero-order chi connectivity index (χ0) is 32.6. The van der Waals surface area contributed by atoms with Crippen LogP contribution in [0.1, 0.15) is 41.3 Å². The molecule has 4 aromatic rings. The number of benzene rings is 3. The Bertz CT molecular complexity index is 1950. The summed E-state index contributed by atoms with van der Waals surface area (Å²) in [6, 6.07) is 16.4. The largest absolute Gasteiger partial charge is 0.436 e. The second kappa shape index (κ2) is 12.3. The highest BCUT2D eigenvalue weighted by Crippen LogP contribution is 2.45. The molecule has 236 valence electrons. The van der Waals surface area contributed by atoms with Crippen LogP contribution in [-0.4, -0.2) is 52.9 Å². The van der Waals surface area contributed by atoms with Crippen LogP contribution in [-0.2, 0) is 26.3 Å². The Morgan fingerprint density at radius 1 is 1.11 bits per heavy atom. The standard InChI is InChI=1S/C33H28ClFN4O7/c1-18(40)45-26-16-27(41)36-23-10-8-20(15-21(23)26)30(42)37-25(14-19-6-3-2-4-7-19)31(43)39-13-5-12-33(17-39)28-24(38-32(44)46-33)11-9-22(34)29(28)35/h2-4,6-11,15-16,25H,5,12-14,17H2,1H3,(H,36,41)(H,37,42)(H,38,44)/t25?,33-/m0/s1. The number of hydrogen-bond donors (Lipinski definition) is 3. The maximum atomic E-state index is 15.4. The van der Waals surface area contributed by atoms with E-state index in [1.807, 2.05) is 30.3 Å². The highest BCUT2D eigenvalue weighted by atomic mass is 35.5. The molecule has 13 heteroatoms. The minimum Gasteiger partial charge on any atom is -0.436 e. The number of H-pyrrole nitrogens is 1. The SMILES string of the molecule is CC(=O)Oc1cc(=O)[nH]c2ccc(C(=O)NC(Cc3ccccc3)C(=O)N3CCC[C@@]4(C3)OC(=O)Nc3ccc(Cl)c(F)c34)cc12. The van der Waals surface area contributed by atoms with Gasteiger partial charge in [-0.25, -0.2) is 9.18 Å². The Morgan fingerprint density at radius 2 is 1.89 bits per heavy atom. The van der Waals surface area contributed by atoms with Gasteiger partial charge in [0.1, 0.15) is 11.8 Å². The molecule has 0 aliphatic carbocycles. The van der Waals surface area contributed by atoms with Crippen molar-refractivity contribution in [1.29, 1.82) is 0 Å². The third-order valence-electron chi connectivity index (χ3n) is 8.05. The second-order valence-electron chi connectivity index (χ2n) is 11.2. The summed E-state index contributed by atoms with van der Waals surface area (Å²) in [6.45, 7) is 1.32. The predicted octanol–water partition coefficient (Wildman–Crippen LogP) is 4.67. The van der Waals surface area contributed by atoms with Crippen molar-refractivity contribution in [3.8, 4) is 5.75 Å². The smallest absolute Gasteiger partial charge is 0.412 e. The molecule has 11 nitrogen and oxygen atoms in total. The first-order valence-electron chi connectivity index (χ1n) is 14.5. The van der Waals surface area contributed by atoms with Gasteiger partial charge in [0.05, 0.1) is 28.3 Å². The first-order chi connectivity index (χ1) is 22.0. The third kappa shape index (κ3) is 6.03. The summed E-state index contributed by atoms with van der Waals surface area (Å²) in [7, 11) is 0. The van der Waals surface area contributed by atoms with Crippen molar-refractivity contribution in [3.05, 3.63) is 105 Å². The molecule has 6 rings (SSSR count). The number of hydrogen-bond acceptors (Lipinski definition) is 7. The normalized spacial score (nSPS) is 17.9. The molecule has 2 atom stereocenters. The van der Waals surface area contributed by atoms with E-state index in [9.17, 15) is 24.0 Å². The number of nitrogens with one attached hydrogen (secondary N) is 3. The summed E-state index contributed by atoms with van der Waals surface area (Å²) >= 11 is 6.10. The van der Waals surface area contributed by atoms with Crippen LogP contribution in [0.5, 0.6) is 5.75 Å². The Hall–Kier alpha value is -5.23. The number of esters is 1. The van der Waals surface area contributed by atoms with E-state index in [1.54, 1.807) is 0 Å². The lowest BCUT2D eigenvalue weighted by Crippen LogP contribution is -2.57. The number of aromatic nitrogens is 1. The second-order valence-corrected chi connectivity index (χ2v) is 11.6. The van der Waals surface area contributed by atoms with Gasteiger partial charge >= 0.3 is 12.1 Å². The van der Waals surface area contributed by atoms with Gasteiger partial charge in [0.25, 0.3) is 11.5 Å². The lowest BCUT2D eigenvalue weighted by atomic mass is 9.82. The van der Waals surface area contributed by atoms with E-state index in [0.29, 0.717) is 17.3 Å². The lowest BCUT2D eigenvalue weighted by molar-refractivity contribution is -0.141. The summed E-state index contributed by atoms with van der Waals surface area (Å²) in [5.74, 6) is -2.45. The minimum atomic E-state index is -1.48. The first-order valence-corrected chi connectivity index (χ1v) is 14.9. The van der Waals surface area contributed by atoms with Crippen molar-refractivity contribution in [1.82, 2.24) is 15.2 Å². The van der Waals surface area contributed by atoms with Crippen LogP contribution in [0, 0.1) is 5.82 Å². The number of pyridine rings is 1. The zero-order valence-electron chi connectivity index (χ0n) is 24.5. The van der Waals surface area contributed by atoms with Crippen LogP contribution in [0.3, 0.4) is 0 Å². The van der Waals surface area contributed by atoms with Crippen molar-refractivity contribution in [3.63, 3.8) is 0 Å². The number of fused-ring (bicyclic) bond motifs is 3. The number of nitrogens with zero attached hydrogens (tertiary/aromatic N) is 1. The number of halogens is 2. The van der Waals surface area contributed by atoms with Gasteiger partial charge in [-0.2, -0.15) is 0 Å². The van der Waals surface area contributed by atoms with E-state index in [1.165, 1.54) is 42.2 Å². The fourth-order valence-electron chi connectivity index (χ4n) is 6.08. The van der Waals surface area contributed by atoms with Crippen molar-refractivity contribution in [2.45, 2.75) is 37.8 Å². The third-order valence-corrected chi connectivity index (χ3v) is 8.34. The minimum absolute atomic E-state index is 0.0134. The van der Waals surface area contributed by atoms with E-state index in [0.717, 1.165) is 11.6 Å². The number of aromatic amines is 1. The monoisotopic (exact) mass is 646 g/mol. The van der Waals surface area contributed by atoms with Crippen LogP contribution < -0.4 is 20.9 Å². The molecular weight excluding hydrogens is 619 g/mol. The number of likely N-dealkylation sites (tertiary alicyclic amines) is 1. The molecule has 3 aromatic carbocycles. The molecule has 0 radical (unpaired) electrons. The number of ether oxygens (including phenoxy) is 2. The Labute approximate surface area is 266 Å². The quantitative estimate of drug-likeness (QED) is 0.258. The fourth-order valence-corrected chi connectivity index (χ4v) is 6.23. The van der Waals surface area contributed by atoms with E-state index in [2.05, 4.69) is 15.6 Å². The molecule has 1 fully saturated rings. The molecule has 1 spiro atoms. The molecule has 46 heavy (non-hydrogen) atoms. The first kappa shape index (κ1) is 30.8. The highest BCUT2D eigenvalue weighted by Gasteiger charge is 2.49. The van der Waals surface area contributed by atoms with Crippen LogP contribution in [0.15, 0.2) is 71.5 Å². The number of carbonyl (C=O) groups excluding carboxylic acids is 4. The van der Waals surface area contributed by atoms with Crippen LogP contribution in [0.4, 0.5) is 14.9 Å². The van der Waals surface area contributed by atoms with Crippen LogP contribution in [0.2, 0.25) is 5.02 Å². The van der Waals surface area contributed by atoms with E-state index >= 15 is 4.39 Å². The fraction of sp³-hybridized carbons (Fsp3) is 0.242. The average molecular weight is 647 g/mol. The Kier molecular flexibility index (Phi) is 8.22. The van der Waals surface area contributed by atoms with Gasteiger partial charge in [0.2, 0.25) is 5.91 Å². The number of amides is 3. The topological polar surface area (TPSA) is 147 Å². The highest BCUT2D eigenvalue weighted by molar-refractivity contribution is 6.31. The molecular formula is C33H28ClFN4O7.